The van der Waals surface area contributed by atoms with E-state index in [0.717, 1.165) is 6.54 Å². The molecule has 2 saturated carbocycles. The molecule has 4 heteroatoms. The Balaban J connectivity index is 1.70. The van der Waals surface area contributed by atoms with Crippen molar-refractivity contribution in [3.8, 4) is 0 Å². The van der Waals surface area contributed by atoms with Crippen molar-refractivity contribution < 1.29 is 0 Å². The number of rotatable bonds is 2. The molecule has 1 saturated heterocycles. The zero-order valence-corrected chi connectivity index (χ0v) is 9.52. The number of hydrogen-bond acceptors (Lipinski definition) is 3. The third-order valence-corrected chi connectivity index (χ3v) is 4.77. The quantitative estimate of drug-likeness (QED) is 0.817. The minimum absolute atomic E-state index is 0.527. The fourth-order valence-electron chi connectivity index (χ4n) is 3.46. The smallest absolute Gasteiger partial charge is 0.138 e. The molecule has 3 fully saturated rings. The molecule has 4 nitrogen and oxygen atoms in total. The highest BCUT2D eigenvalue weighted by molar-refractivity contribution is 5.15. The van der Waals surface area contributed by atoms with Gasteiger partial charge in [0.25, 0.3) is 0 Å². The van der Waals surface area contributed by atoms with E-state index in [0.29, 0.717) is 17.4 Å². The van der Waals surface area contributed by atoms with Crippen molar-refractivity contribution >= 4 is 0 Å². The number of nitrogens with one attached hydrogen (secondary N) is 1. The third-order valence-electron chi connectivity index (χ3n) is 4.77. The van der Waals surface area contributed by atoms with Crippen LogP contribution in [0, 0.1) is 5.41 Å². The molecule has 1 aromatic rings. The molecule has 1 aliphatic heterocycles. The predicted octanol–water partition coefficient (Wildman–Crippen LogP) is 1.47. The highest BCUT2D eigenvalue weighted by Gasteiger charge is 2.50. The SMILES string of the molecule is c1nnc(C2CNCC23CCC3)n1C1CC1. The molecule has 1 unspecified atom stereocenters. The number of hydrogen-bond donors (Lipinski definition) is 1. The predicted molar refractivity (Wildman–Crippen MR) is 60.2 cm³/mol. The lowest BCUT2D eigenvalue weighted by molar-refractivity contribution is 0.131. The second-order valence-corrected chi connectivity index (χ2v) is 5.73. The molecule has 0 radical (unpaired) electrons. The maximum atomic E-state index is 4.41. The van der Waals surface area contributed by atoms with Gasteiger partial charge in [-0.25, -0.2) is 0 Å². The summed E-state index contributed by atoms with van der Waals surface area (Å²) in [6.07, 6.45) is 8.73. The van der Waals surface area contributed by atoms with Crippen molar-refractivity contribution in [2.24, 2.45) is 5.41 Å². The molecule has 0 bridgehead atoms. The first-order valence-electron chi connectivity index (χ1n) is 6.49. The highest BCUT2D eigenvalue weighted by Crippen LogP contribution is 2.53. The summed E-state index contributed by atoms with van der Waals surface area (Å²) < 4.78 is 2.34. The molecule has 1 N–H and O–H groups in total. The normalized spacial score (nSPS) is 31.9. The minimum Gasteiger partial charge on any atom is -0.315 e. The molecule has 4 rings (SSSR count). The van der Waals surface area contributed by atoms with Crippen LogP contribution in [0.5, 0.6) is 0 Å². The zero-order valence-electron chi connectivity index (χ0n) is 9.52. The Labute approximate surface area is 95.4 Å². The summed E-state index contributed by atoms with van der Waals surface area (Å²) in [6.45, 7) is 2.29. The largest absolute Gasteiger partial charge is 0.315 e. The zero-order chi connectivity index (χ0) is 10.6. The van der Waals surface area contributed by atoms with Crippen LogP contribution in [-0.4, -0.2) is 27.9 Å². The fraction of sp³-hybridized carbons (Fsp3) is 0.833. The molecule has 1 spiro atoms. The van der Waals surface area contributed by atoms with E-state index in [2.05, 4.69) is 20.1 Å². The van der Waals surface area contributed by atoms with Crippen LogP contribution in [-0.2, 0) is 0 Å². The molecule has 0 aromatic carbocycles. The van der Waals surface area contributed by atoms with Gasteiger partial charge in [-0.1, -0.05) is 6.42 Å². The summed E-state index contributed by atoms with van der Waals surface area (Å²) >= 11 is 0. The van der Waals surface area contributed by atoms with Crippen LogP contribution >= 0.6 is 0 Å². The van der Waals surface area contributed by atoms with Gasteiger partial charge in [-0.3, -0.25) is 0 Å². The van der Waals surface area contributed by atoms with E-state index in [1.165, 1.54) is 44.5 Å². The fourth-order valence-corrected chi connectivity index (χ4v) is 3.46. The van der Waals surface area contributed by atoms with Crippen molar-refractivity contribution in [1.29, 1.82) is 0 Å². The number of aromatic nitrogens is 3. The second-order valence-electron chi connectivity index (χ2n) is 5.73. The molecular formula is C12H18N4. The van der Waals surface area contributed by atoms with Gasteiger partial charge in [-0.15, -0.1) is 10.2 Å². The minimum atomic E-state index is 0.527. The molecule has 3 aliphatic rings. The van der Waals surface area contributed by atoms with Crippen LogP contribution in [0.25, 0.3) is 0 Å². The van der Waals surface area contributed by atoms with Gasteiger partial charge in [-0.2, -0.15) is 0 Å². The van der Waals surface area contributed by atoms with Crippen molar-refractivity contribution in [1.82, 2.24) is 20.1 Å². The van der Waals surface area contributed by atoms with E-state index < -0.39 is 0 Å². The average Bonchev–Trinajstić information content (AvgIpc) is 2.81. The summed E-state index contributed by atoms with van der Waals surface area (Å²) in [5.74, 6) is 1.87. The van der Waals surface area contributed by atoms with E-state index in [1.807, 2.05) is 6.33 Å². The van der Waals surface area contributed by atoms with E-state index in [4.69, 9.17) is 0 Å². The van der Waals surface area contributed by atoms with Crippen LogP contribution in [0.3, 0.4) is 0 Å². The average molecular weight is 218 g/mol. The first-order chi connectivity index (χ1) is 7.89. The topological polar surface area (TPSA) is 42.7 Å². The Morgan fingerprint density at radius 1 is 1.38 bits per heavy atom. The Hall–Kier alpha value is -0.900. The Kier molecular flexibility index (Phi) is 1.76. The van der Waals surface area contributed by atoms with E-state index in [-0.39, 0.29) is 0 Å². The lowest BCUT2D eigenvalue weighted by atomic mass is 9.62. The van der Waals surface area contributed by atoms with Crippen molar-refractivity contribution in [3.63, 3.8) is 0 Å². The lowest BCUT2D eigenvalue weighted by Gasteiger charge is -2.42. The molecule has 86 valence electrons. The second kappa shape index (κ2) is 3.06. The molecule has 2 aliphatic carbocycles. The van der Waals surface area contributed by atoms with Gasteiger partial charge >= 0.3 is 0 Å². The van der Waals surface area contributed by atoms with Gasteiger partial charge in [0.2, 0.25) is 0 Å². The van der Waals surface area contributed by atoms with Crippen LogP contribution in [0.15, 0.2) is 6.33 Å². The maximum absolute atomic E-state index is 4.41. The standard InChI is InChI=1S/C12H18N4/c1-4-12(5-1)7-13-6-10(12)11-15-14-8-16(11)9-2-3-9/h8-10,13H,1-7H2. The Morgan fingerprint density at radius 3 is 2.94 bits per heavy atom. The molecule has 1 aromatic heterocycles. The summed E-state index contributed by atoms with van der Waals surface area (Å²) in [6, 6.07) is 0.711. The summed E-state index contributed by atoms with van der Waals surface area (Å²) in [7, 11) is 0. The highest BCUT2D eigenvalue weighted by atomic mass is 15.3. The molecule has 1 atom stereocenters. The van der Waals surface area contributed by atoms with Gasteiger partial charge in [0.15, 0.2) is 0 Å². The summed E-state index contributed by atoms with van der Waals surface area (Å²) in [5, 5.41) is 12.1. The number of nitrogens with zero attached hydrogens (tertiary/aromatic N) is 3. The monoisotopic (exact) mass is 218 g/mol. The van der Waals surface area contributed by atoms with Crippen molar-refractivity contribution in [3.05, 3.63) is 12.2 Å². The first-order valence-corrected chi connectivity index (χ1v) is 6.49. The van der Waals surface area contributed by atoms with Gasteiger partial charge in [0.1, 0.15) is 12.2 Å². The van der Waals surface area contributed by atoms with Crippen LogP contribution < -0.4 is 5.32 Å². The van der Waals surface area contributed by atoms with Crippen LogP contribution in [0.4, 0.5) is 0 Å². The van der Waals surface area contributed by atoms with Gasteiger partial charge in [0.05, 0.1) is 0 Å². The van der Waals surface area contributed by atoms with Gasteiger partial charge < -0.3 is 9.88 Å². The Morgan fingerprint density at radius 2 is 2.25 bits per heavy atom. The van der Waals surface area contributed by atoms with E-state index in [9.17, 15) is 0 Å². The Bertz CT molecular complexity index is 403. The molecule has 0 amide bonds. The van der Waals surface area contributed by atoms with Crippen LogP contribution in [0.2, 0.25) is 0 Å². The summed E-state index contributed by atoms with van der Waals surface area (Å²) in [5.41, 5.74) is 0.527. The van der Waals surface area contributed by atoms with Gasteiger partial charge in [-0.05, 0) is 31.1 Å². The van der Waals surface area contributed by atoms with Crippen LogP contribution in [0.1, 0.15) is 49.9 Å². The summed E-state index contributed by atoms with van der Waals surface area (Å²) in [4.78, 5) is 0. The molecular weight excluding hydrogens is 200 g/mol. The van der Waals surface area contributed by atoms with Crippen molar-refractivity contribution in [2.45, 2.75) is 44.1 Å². The molecule has 16 heavy (non-hydrogen) atoms. The lowest BCUT2D eigenvalue weighted by Crippen LogP contribution is -2.37. The first kappa shape index (κ1) is 9.16. The van der Waals surface area contributed by atoms with Gasteiger partial charge in [0, 0.05) is 25.0 Å². The van der Waals surface area contributed by atoms with E-state index in [1.54, 1.807) is 0 Å². The molecule has 2 heterocycles. The maximum Gasteiger partial charge on any atom is 0.138 e. The van der Waals surface area contributed by atoms with Crippen molar-refractivity contribution in [2.75, 3.05) is 13.1 Å². The third kappa shape index (κ3) is 1.14. The van der Waals surface area contributed by atoms with E-state index >= 15 is 0 Å².